The Morgan fingerprint density at radius 2 is 2.21 bits per heavy atom. The van der Waals surface area contributed by atoms with Crippen molar-refractivity contribution in [3.05, 3.63) is 35.9 Å². The van der Waals surface area contributed by atoms with Gasteiger partial charge in [0.1, 0.15) is 0 Å². The summed E-state index contributed by atoms with van der Waals surface area (Å²) < 4.78 is 0. The Hall–Kier alpha value is -1.39. The van der Waals surface area contributed by atoms with Crippen molar-refractivity contribution < 1.29 is 9.90 Å². The van der Waals surface area contributed by atoms with Gasteiger partial charge in [-0.05, 0) is 31.9 Å². The first-order chi connectivity index (χ1) is 9.16. The number of nitrogens with one attached hydrogen (secondary N) is 2. The van der Waals surface area contributed by atoms with Crippen LogP contribution in [0.2, 0.25) is 0 Å². The minimum Gasteiger partial charge on any atom is -0.387 e. The number of amides is 1. The molecule has 0 aliphatic carbocycles. The molecule has 4 heteroatoms. The Morgan fingerprint density at radius 1 is 1.47 bits per heavy atom. The maximum absolute atomic E-state index is 12.0. The minimum atomic E-state index is -0.635. The van der Waals surface area contributed by atoms with Gasteiger partial charge in [0.25, 0.3) is 0 Å². The zero-order valence-corrected chi connectivity index (χ0v) is 11.3. The zero-order chi connectivity index (χ0) is 13.7. The molecule has 19 heavy (non-hydrogen) atoms. The van der Waals surface area contributed by atoms with Crippen molar-refractivity contribution in [2.45, 2.75) is 31.9 Å². The summed E-state index contributed by atoms with van der Waals surface area (Å²) in [4.78, 5) is 12.0. The highest BCUT2D eigenvalue weighted by Gasteiger charge is 2.24. The van der Waals surface area contributed by atoms with Crippen LogP contribution in [-0.4, -0.2) is 30.1 Å². The van der Waals surface area contributed by atoms with Crippen molar-refractivity contribution in [3.8, 4) is 0 Å². The average molecular weight is 262 g/mol. The second-order valence-corrected chi connectivity index (χ2v) is 5.25. The number of hydrogen-bond donors (Lipinski definition) is 3. The summed E-state index contributed by atoms with van der Waals surface area (Å²) in [5.74, 6) is 0.127. The normalized spacial score (nSPS) is 24.7. The highest BCUT2D eigenvalue weighted by Crippen LogP contribution is 2.17. The standard InChI is InChI=1S/C15H22N2O2/c1-11-9-13(7-8-16-11)15(19)17-10-14(18)12-5-3-2-4-6-12/h2-6,11,13-14,16,18H,7-10H2,1H3,(H,17,19)/t11-,13-,14?/m0/s1. The van der Waals surface area contributed by atoms with E-state index in [9.17, 15) is 9.90 Å². The van der Waals surface area contributed by atoms with E-state index in [0.29, 0.717) is 6.04 Å². The van der Waals surface area contributed by atoms with E-state index in [-0.39, 0.29) is 18.4 Å². The van der Waals surface area contributed by atoms with E-state index in [1.807, 2.05) is 30.3 Å². The largest absolute Gasteiger partial charge is 0.387 e. The van der Waals surface area contributed by atoms with Crippen LogP contribution in [0, 0.1) is 5.92 Å². The topological polar surface area (TPSA) is 61.4 Å². The van der Waals surface area contributed by atoms with Gasteiger partial charge < -0.3 is 15.7 Å². The number of piperidine rings is 1. The van der Waals surface area contributed by atoms with Crippen LogP contribution in [0.3, 0.4) is 0 Å². The number of aliphatic hydroxyl groups is 1. The lowest BCUT2D eigenvalue weighted by Crippen LogP contribution is -2.43. The molecule has 0 spiro atoms. The maximum Gasteiger partial charge on any atom is 0.223 e. The summed E-state index contributed by atoms with van der Waals surface area (Å²) in [5, 5.41) is 16.2. The molecule has 4 nitrogen and oxygen atoms in total. The molecule has 0 radical (unpaired) electrons. The Bertz CT molecular complexity index is 408. The van der Waals surface area contributed by atoms with Crippen LogP contribution in [0.25, 0.3) is 0 Å². The van der Waals surface area contributed by atoms with Crippen molar-refractivity contribution in [3.63, 3.8) is 0 Å². The van der Waals surface area contributed by atoms with Crippen LogP contribution in [0.1, 0.15) is 31.4 Å². The van der Waals surface area contributed by atoms with E-state index in [2.05, 4.69) is 17.6 Å². The molecule has 3 N–H and O–H groups in total. The summed E-state index contributed by atoms with van der Waals surface area (Å²) in [7, 11) is 0. The van der Waals surface area contributed by atoms with Gasteiger partial charge in [0, 0.05) is 18.5 Å². The molecule has 0 bridgehead atoms. The number of carbonyl (C=O) groups excluding carboxylic acids is 1. The van der Waals surface area contributed by atoms with Crippen LogP contribution in [-0.2, 0) is 4.79 Å². The van der Waals surface area contributed by atoms with Gasteiger partial charge in [-0.1, -0.05) is 30.3 Å². The third kappa shape index (κ3) is 4.04. The highest BCUT2D eigenvalue weighted by atomic mass is 16.3. The zero-order valence-electron chi connectivity index (χ0n) is 11.3. The van der Waals surface area contributed by atoms with E-state index in [4.69, 9.17) is 0 Å². The SMILES string of the molecule is C[C@H]1C[C@@H](C(=O)NCC(O)c2ccccc2)CCN1. The molecule has 3 atom stereocenters. The van der Waals surface area contributed by atoms with Crippen molar-refractivity contribution in [1.82, 2.24) is 10.6 Å². The first-order valence-electron chi connectivity index (χ1n) is 6.91. The molecule has 2 rings (SSSR count). The molecule has 1 amide bonds. The molecule has 1 saturated heterocycles. The molecule has 0 aromatic heterocycles. The van der Waals surface area contributed by atoms with Gasteiger partial charge in [0.2, 0.25) is 5.91 Å². The highest BCUT2D eigenvalue weighted by molar-refractivity contribution is 5.78. The molecule has 1 aliphatic rings. The van der Waals surface area contributed by atoms with Crippen LogP contribution in [0.5, 0.6) is 0 Å². The summed E-state index contributed by atoms with van der Waals surface area (Å²) in [6.45, 7) is 3.26. The van der Waals surface area contributed by atoms with E-state index in [0.717, 1.165) is 24.9 Å². The summed E-state index contributed by atoms with van der Waals surface area (Å²) >= 11 is 0. The van der Waals surface area contributed by atoms with Crippen molar-refractivity contribution in [2.75, 3.05) is 13.1 Å². The molecular weight excluding hydrogens is 240 g/mol. The minimum absolute atomic E-state index is 0.0586. The van der Waals surface area contributed by atoms with Crippen LogP contribution < -0.4 is 10.6 Å². The van der Waals surface area contributed by atoms with Crippen LogP contribution in [0.4, 0.5) is 0 Å². The predicted molar refractivity (Wildman–Crippen MR) is 74.6 cm³/mol. The fourth-order valence-electron chi connectivity index (χ4n) is 2.50. The number of carbonyl (C=O) groups is 1. The summed E-state index contributed by atoms with van der Waals surface area (Å²) in [5.41, 5.74) is 0.835. The molecule has 1 heterocycles. The molecular formula is C15H22N2O2. The van der Waals surface area contributed by atoms with Gasteiger partial charge in [-0.2, -0.15) is 0 Å². The molecule has 0 saturated carbocycles. The van der Waals surface area contributed by atoms with Gasteiger partial charge in [0.05, 0.1) is 6.10 Å². The smallest absolute Gasteiger partial charge is 0.223 e. The fraction of sp³-hybridized carbons (Fsp3) is 0.533. The van der Waals surface area contributed by atoms with E-state index < -0.39 is 6.10 Å². The Kier molecular flexibility index (Phi) is 4.93. The van der Waals surface area contributed by atoms with Gasteiger partial charge in [-0.25, -0.2) is 0 Å². The summed E-state index contributed by atoms with van der Waals surface area (Å²) in [6, 6.07) is 9.80. The van der Waals surface area contributed by atoms with E-state index in [1.54, 1.807) is 0 Å². The molecule has 1 aromatic rings. The second kappa shape index (κ2) is 6.68. The van der Waals surface area contributed by atoms with Crippen molar-refractivity contribution >= 4 is 5.91 Å². The number of benzene rings is 1. The van der Waals surface area contributed by atoms with Gasteiger partial charge in [0.15, 0.2) is 0 Å². The van der Waals surface area contributed by atoms with Gasteiger partial charge in [-0.15, -0.1) is 0 Å². The fourth-order valence-corrected chi connectivity index (χ4v) is 2.50. The Morgan fingerprint density at radius 3 is 2.89 bits per heavy atom. The molecule has 1 fully saturated rings. The number of hydrogen-bond acceptors (Lipinski definition) is 3. The lowest BCUT2D eigenvalue weighted by Gasteiger charge is -2.27. The Labute approximate surface area is 114 Å². The van der Waals surface area contributed by atoms with Crippen LogP contribution in [0.15, 0.2) is 30.3 Å². The first-order valence-corrected chi connectivity index (χ1v) is 6.91. The third-order valence-corrected chi connectivity index (χ3v) is 3.65. The molecule has 1 aromatic carbocycles. The lowest BCUT2D eigenvalue weighted by molar-refractivity contribution is -0.126. The predicted octanol–water partition coefficient (Wildman–Crippen LogP) is 1.22. The van der Waals surface area contributed by atoms with Gasteiger partial charge in [-0.3, -0.25) is 4.79 Å². The van der Waals surface area contributed by atoms with Crippen molar-refractivity contribution in [1.29, 1.82) is 0 Å². The third-order valence-electron chi connectivity index (χ3n) is 3.65. The lowest BCUT2D eigenvalue weighted by atomic mass is 9.92. The summed E-state index contributed by atoms with van der Waals surface area (Å²) in [6.07, 6.45) is 1.11. The monoisotopic (exact) mass is 262 g/mol. The number of rotatable bonds is 4. The molecule has 1 unspecified atom stereocenters. The molecule has 1 aliphatic heterocycles. The quantitative estimate of drug-likeness (QED) is 0.764. The van der Waals surface area contributed by atoms with Crippen LogP contribution >= 0.6 is 0 Å². The maximum atomic E-state index is 12.0. The first kappa shape index (κ1) is 14.0. The molecule has 104 valence electrons. The van der Waals surface area contributed by atoms with Gasteiger partial charge >= 0.3 is 0 Å². The number of aliphatic hydroxyl groups excluding tert-OH is 1. The Balaban J connectivity index is 1.80. The second-order valence-electron chi connectivity index (χ2n) is 5.25. The van der Waals surface area contributed by atoms with E-state index in [1.165, 1.54) is 0 Å². The van der Waals surface area contributed by atoms with Crippen molar-refractivity contribution in [2.24, 2.45) is 5.92 Å². The average Bonchev–Trinajstić information content (AvgIpc) is 2.45. The van der Waals surface area contributed by atoms with E-state index >= 15 is 0 Å².